The molecular weight excluding hydrogens is 282 g/mol. The van der Waals surface area contributed by atoms with Crippen LogP contribution in [0.5, 0.6) is 0 Å². The Morgan fingerprint density at radius 1 is 1.47 bits per heavy atom. The quantitative estimate of drug-likeness (QED) is 0.673. The summed E-state index contributed by atoms with van der Waals surface area (Å²) >= 11 is 10.9. The van der Waals surface area contributed by atoms with Crippen LogP contribution in [-0.2, 0) is 11.3 Å². The molecule has 1 aromatic heterocycles. The number of hydrogen-bond donors (Lipinski definition) is 2. The minimum absolute atomic E-state index is 0.224. The van der Waals surface area contributed by atoms with E-state index in [-0.39, 0.29) is 5.11 Å². The van der Waals surface area contributed by atoms with Gasteiger partial charge < -0.3 is 15.8 Å². The first-order valence-corrected chi connectivity index (χ1v) is 6.45. The second kappa shape index (κ2) is 5.69. The number of thiocarbonyl (C=S) groups is 1. The number of ether oxygens (including phenoxy) is 1. The number of halogens is 1. The van der Waals surface area contributed by atoms with Gasteiger partial charge in [0.2, 0.25) is 0 Å². The summed E-state index contributed by atoms with van der Waals surface area (Å²) in [4.78, 5) is 4.31. The van der Waals surface area contributed by atoms with Gasteiger partial charge in [0.05, 0.1) is 12.1 Å². The molecule has 0 radical (unpaired) electrons. The van der Waals surface area contributed by atoms with Crippen molar-refractivity contribution >= 4 is 45.5 Å². The molecule has 2 aromatic rings. The van der Waals surface area contributed by atoms with Crippen LogP contribution in [0.3, 0.4) is 0 Å². The van der Waals surface area contributed by atoms with E-state index < -0.39 is 0 Å². The molecular formula is C13H14ClN3OS. The van der Waals surface area contributed by atoms with Crippen LogP contribution in [-0.4, -0.2) is 17.2 Å². The first-order valence-electron chi connectivity index (χ1n) is 5.66. The van der Waals surface area contributed by atoms with Crippen molar-refractivity contribution in [2.24, 2.45) is 5.73 Å². The number of anilines is 1. The second-order valence-electron chi connectivity index (χ2n) is 4.21. The molecule has 1 aromatic carbocycles. The number of methoxy groups -OCH3 is 1. The molecule has 0 unspecified atom stereocenters. The fourth-order valence-electron chi connectivity index (χ4n) is 1.96. The van der Waals surface area contributed by atoms with Crippen molar-refractivity contribution in [2.45, 2.75) is 13.5 Å². The van der Waals surface area contributed by atoms with Crippen LogP contribution in [0.1, 0.15) is 11.1 Å². The van der Waals surface area contributed by atoms with E-state index in [1.807, 2.05) is 25.1 Å². The third kappa shape index (κ3) is 3.12. The Morgan fingerprint density at radius 3 is 2.84 bits per heavy atom. The molecule has 19 heavy (non-hydrogen) atoms. The summed E-state index contributed by atoms with van der Waals surface area (Å²) < 4.78 is 5.18. The Hall–Kier alpha value is -1.43. The molecule has 0 saturated carbocycles. The van der Waals surface area contributed by atoms with Gasteiger partial charge in [-0.2, -0.15) is 0 Å². The van der Waals surface area contributed by atoms with Gasteiger partial charge in [-0.15, -0.1) is 0 Å². The maximum Gasteiger partial charge on any atom is 0.168 e. The number of aryl methyl sites for hydroxylation is 1. The van der Waals surface area contributed by atoms with Gasteiger partial charge in [0.1, 0.15) is 5.15 Å². The molecule has 1 heterocycles. The molecule has 0 aliphatic carbocycles. The fraction of sp³-hybridized carbons (Fsp3) is 0.231. The number of nitrogens with one attached hydrogen (secondary N) is 1. The molecule has 0 spiro atoms. The lowest BCUT2D eigenvalue weighted by Crippen LogP contribution is -2.19. The van der Waals surface area contributed by atoms with Crippen molar-refractivity contribution in [3.63, 3.8) is 0 Å². The van der Waals surface area contributed by atoms with Crippen LogP contribution in [0.2, 0.25) is 5.15 Å². The monoisotopic (exact) mass is 295 g/mol. The predicted molar refractivity (Wildman–Crippen MR) is 82.6 cm³/mol. The third-order valence-electron chi connectivity index (χ3n) is 2.77. The Bertz CT molecular complexity index is 645. The maximum atomic E-state index is 6.02. The summed E-state index contributed by atoms with van der Waals surface area (Å²) in [6, 6.07) is 5.72. The number of fused-ring (bicyclic) bond motifs is 1. The fourth-order valence-corrected chi connectivity index (χ4v) is 2.29. The normalized spacial score (nSPS) is 10.7. The number of hydrogen-bond acceptors (Lipinski definition) is 3. The lowest BCUT2D eigenvalue weighted by Gasteiger charge is -2.12. The highest BCUT2D eigenvalue weighted by Gasteiger charge is 2.09. The van der Waals surface area contributed by atoms with Gasteiger partial charge in [-0.25, -0.2) is 4.98 Å². The van der Waals surface area contributed by atoms with Gasteiger partial charge in [-0.1, -0.05) is 11.6 Å². The van der Waals surface area contributed by atoms with Gasteiger partial charge in [0.25, 0.3) is 0 Å². The van der Waals surface area contributed by atoms with Crippen molar-refractivity contribution in [1.29, 1.82) is 0 Å². The predicted octanol–water partition coefficient (Wildman–Crippen LogP) is 3.00. The van der Waals surface area contributed by atoms with Crippen molar-refractivity contribution in [3.8, 4) is 0 Å². The number of aromatic nitrogens is 1. The molecule has 0 saturated heterocycles. The third-order valence-corrected chi connectivity index (χ3v) is 3.06. The molecule has 4 nitrogen and oxygen atoms in total. The number of nitrogens with two attached hydrogens (primary N) is 1. The summed E-state index contributed by atoms with van der Waals surface area (Å²) in [5, 5.41) is 4.60. The van der Waals surface area contributed by atoms with E-state index >= 15 is 0 Å². The number of rotatable bonds is 3. The van der Waals surface area contributed by atoms with Crippen LogP contribution in [0, 0.1) is 6.92 Å². The molecule has 0 fully saturated rings. The lowest BCUT2D eigenvalue weighted by atomic mass is 10.1. The van der Waals surface area contributed by atoms with Crippen molar-refractivity contribution < 1.29 is 4.74 Å². The molecule has 0 atom stereocenters. The summed E-state index contributed by atoms with van der Waals surface area (Å²) in [5.74, 6) is 0. The van der Waals surface area contributed by atoms with Crippen LogP contribution < -0.4 is 11.1 Å². The Morgan fingerprint density at radius 2 is 2.21 bits per heavy atom. The number of nitrogens with zero attached hydrogens (tertiary/aromatic N) is 1. The van der Waals surface area contributed by atoms with E-state index in [0.717, 1.165) is 27.7 Å². The van der Waals surface area contributed by atoms with Crippen LogP contribution in [0.15, 0.2) is 18.2 Å². The molecule has 100 valence electrons. The van der Waals surface area contributed by atoms with Gasteiger partial charge in [-0.05, 0) is 48.5 Å². The van der Waals surface area contributed by atoms with E-state index in [4.69, 9.17) is 34.3 Å². The molecule has 2 rings (SSSR count). The minimum Gasteiger partial charge on any atom is -0.380 e. The largest absolute Gasteiger partial charge is 0.380 e. The first kappa shape index (κ1) is 14.0. The van der Waals surface area contributed by atoms with Gasteiger partial charge in [0, 0.05) is 18.2 Å². The van der Waals surface area contributed by atoms with Crippen molar-refractivity contribution in [2.75, 3.05) is 12.4 Å². The highest BCUT2D eigenvalue weighted by atomic mass is 35.5. The minimum atomic E-state index is 0.224. The van der Waals surface area contributed by atoms with Crippen LogP contribution in [0.4, 0.5) is 5.69 Å². The molecule has 3 N–H and O–H groups in total. The topological polar surface area (TPSA) is 60.2 Å². The second-order valence-corrected chi connectivity index (χ2v) is 5.04. The first-order chi connectivity index (χ1) is 9.01. The van der Waals surface area contributed by atoms with E-state index in [0.29, 0.717) is 11.8 Å². The van der Waals surface area contributed by atoms with Gasteiger partial charge in [-0.3, -0.25) is 0 Å². The highest BCUT2D eigenvalue weighted by molar-refractivity contribution is 7.80. The van der Waals surface area contributed by atoms with Gasteiger partial charge in [0.15, 0.2) is 5.11 Å². The Kier molecular flexibility index (Phi) is 4.19. The zero-order chi connectivity index (χ0) is 14.0. The molecule has 0 bridgehead atoms. The van der Waals surface area contributed by atoms with Crippen molar-refractivity contribution in [3.05, 3.63) is 34.5 Å². The number of benzene rings is 1. The summed E-state index contributed by atoms with van der Waals surface area (Å²) in [7, 11) is 1.65. The average molecular weight is 296 g/mol. The summed E-state index contributed by atoms with van der Waals surface area (Å²) in [6.45, 7) is 2.46. The molecule has 0 aliphatic rings. The molecule has 0 amide bonds. The number of pyridine rings is 1. The standard InChI is InChI=1S/C13H14ClN3OS/c1-7-3-9-8(6-18-2)4-12(14)16-11(9)5-10(7)17-13(15)19/h3-5H,6H2,1-2H3,(H3,15,17,19). The maximum absolute atomic E-state index is 6.02. The van der Waals surface area contributed by atoms with E-state index in [9.17, 15) is 0 Å². The Labute approximate surface area is 121 Å². The molecule has 0 aliphatic heterocycles. The van der Waals surface area contributed by atoms with E-state index in [2.05, 4.69) is 10.3 Å². The molecule has 6 heteroatoms. The average Bonchev–Trinajstić information content (AvgIpc) is 2.31. The van der Waals surface area contributed by atoms with Crippen LogP contribution >= 0.6 is 23.8 Å². The van der Waals surface area contributed by atoms with E-state index in [1.54, 1.807) is 7.11 Å². The zero-order valence-corrected chi connectivity index (χ0v) is 12.2. The van der Waals surface area contributed by atoms with Crippen LogP contribution in [0.25, 0.3) is 10.9 Å². The Balaban J connectivity index is 2.62. The SMILES string of the molecule is COCc1cc(Cl)nc2cc(NC(N)=S)c(C)cc12. The lowest BCUT2D eigenvalue weighted by molar-refractivity contribution is 0.186. The van der Waals surface area contributed by atoms with Crippen molar-refractivity contribution in [1.82, 2.24) is 4.98 Å². The summed E-state index contributed by atoms with van der Waals surface area (Å²) in [6.07, 6.45) is 0. The zero-order valence-electron chi connectivity index (χ0n) is 10.7. The summed E-state index contributed by atoms with van der Waals surface area (Å²) in [5.41, 5.74) is 9.14. The smallest absolute Gasteiger partial charge is 0.168 e. The van der Waals surface area contributed by atoms with Gasteiger partial charge >= 0.3 is 0 Å². The van der Waals surface area contributed by atoms with E-state index in [1.165, 1.54) is 0 Å². The highest BCUT2D eigenvalue weighted by Crippen LogP contribution is 2.27.